The number of carboxylic acids is 1. The first-order valence-corrected chi connectivity index (χ1v) is 7.56. The Morgan fingerprint density at radius 2 is 2.20 bits per heavy atom. The molecule has 1 saturated carbocycles. The van der Waals surface area contributed by atoms with Gasteiger partial charge in [-0.3, -0.25) is 4.79 Å². The molecule has 0 spiro atoms. The molecular weight excluding hydrogens is 278 g/mol. The number of urea groups is 1. The van der Waals surface area contributed by atoms with Gasteiger partial charge in [0.15, 0.2) is 0 Å². The van der Waals surface area contributed by atoms with E-state index in [1.165, 1.54) is 11.3 Å². The van der Waals surface area contributed by atoms with E-state index in [4.69, 9.17) is 5.11 Å². The summed E-state index contributed by atoms with van der Waals surface area (Å²) in [6, 6.07) is -0.585. The number of rotatable bonds is 4. The highest BCUT2D eigenvalue weighted by Gasteiger charge is 2.31. The lowest BCUT2D eigenvalue weighted by atomic mass is 9.84. The number of hydrogen-bond donors (Lipinski definition) is 3. The molecule has 1 aromatic heterocycles. The molecule has 1 aliphatic carbocycles. The van der Waals surface area contributed by atoms with Crippen LogP contribution >= 0.6 is 11.3 Å². The van der Waals surface area contributed by atoms with Crippen molar-refractivity contribution in [3.8, 4) is 0 Å². The van der Waals surface area contributed by atoms with Gasteiger partial charge in [-0.1, -0.05) is 12.8 Å². The van der Waals surface area contributed by atoms with E-state index in [2.05, 4.69) is 15.6 Å². The zero-order valence-electron chi connectivity index (χ0n) is 11.4. The maximum Gasteiger partial charge on any atom is 0.315 e. The maximum absolute atomic E-state index is 11.8. The molecular formula is C13H19N3O3S. The second-order valence-corrected chi connectivity index (χ2v) is 6.33. The number of aliphatic carboxylic acids is 1. The number of thiazole rings is 1. The Hall–Kier alpha value is -1.63. The highest BCUT2D eigenvalue weighted by molar-refractivity contribution is 7.11. The van der Waals surface area contributed by atoms with Crippen LogP contribution < -0.4 is 10.6 Å². The van der Waals surface area contributed by atoms with Gasteiger partial charge in [0.2, 0.25) is 0 Å². The lowest BCUT2D eigenvalue weighted by molar-refractivity contribution is -0.143. The van der Waals surface area contributed by atoms with Crippen LogP contribution in [0.4, 0.5) is 4.79 Å². The molecule has 1 heterocycles. The molecule has 0 saturated heterocycles. The van der Waals surface area contributed by atoms with Crippen LogP contribution in [0.1, 0.15) is 35.6 Å². The predicted molar refractivity (Wildman–Crippen MR) is 75.6 cm³/mol. The van der Waals surface area contributed by atoms with E-state index in [1.54, 1.807) is 6.20 Å². The molecule has 0 aromatic carbocycles. The average molecular weight is 297 g/mol. The summed E-state index contributed by atoms with van der Waals surface area (Å²) in [5, 5.41) is 15.6. The molecule has 0 bridgehead atoms. The van der Waals surface area contributed by atoms with Crippen molar-refractivity contribution < 1.29 is 14.7 Å². The van der Waals surface area contributed by atoms with Crippen LogP contribution in [0.5, 0.6) is 0 Å². The predicted octanol–water partition coefficient (Wildman–Crippen LogP) is 1.89. The third kappa shape index (κ3) is 3.93. The van der Waals surface area contributed by atoms with Gasteiger partial charge in [-0.25, -0.2) is 9.78 Å². The maximum atomic E-state index is 11.8. The highest BCUT2D eigenvalue weighted by atomic mass is 32.1. The quantitative estimate of drug-likeness (QED) is 0.791. The number of aromatic nitrogens is 1. The molecule has 2 rings (SSSR count). The van der Waals surface area contributed by atoms with E-state index in [0.717, 1.165) is 29.1 Å². The van der Waals surface area contributed by atoms with Crippen molar-refractivity contribution in [3.05, 3.63) is 16.1 Å². The van der Waals surface area contributed by atoms with Crippen molar-refractivity contribution >= 4 is 23.3 Å². The van der Waals surface area contributed by atoms with Gasteiger partial charge in [-0.15, -0.1) is 11.3 Å². The van der Waals surface area contributed by atoms with E-state index in [1.807, 2.05) is 6.92 Å². The van der Waals surface area contributed by atoms with E-state index >= 15 is 0 Å². The summed E-state index contributed by atoms with van der Waals surface area (Å²) >= 11 is 1.53. The number of carbonyl (C=O) groups excluding carboxylic acids is 1. The first-order valence-electron chi connectivity index (χ1n) is 6.74. The molecule has 7 heteroatoms. The molecule has 1 aliphatic rings. The lowest BCUT2D eigenvalue weighted by Gasteiger charge is -2.29. The standard InChI is InChI=1S/C13H19N3O3S/c1-8-14-6-9(20-8)7-15-13(19)16-11-5-3-2-4-10(11)12(17)18/h6,10-11H,2-5,7H2,1H3,(H,17,18)(H2,15,16,19). The second kappa shape index (κ2) is 6.69. The third-order valence-corrected chi connectivity index (χ3v) is 4.40. The number of aryl methyl sites for hydroxylation is 1. The molecule has 1 fully saturated rings. The van der Waals surface area contributed by atoms with Crippen molar-refractivity contribution in [2.24, 2.45) is 5.92 Å². The van der Waals surface area contributed by atoms with Crippen LogP contribution in [0.2, 0.25) is 0 Å². The van der Waals surface area contributed by atoms with Gasteiger partial charge in [0.05, 0.1) is 17.5 Å². The average Bonchev–Trinajstić information content (AvgIpc) is 2.83. The van der Waals surface area contributed by atoms with E-state index < -0.39 is 11.9 Å². The molecule has 0 aliphatic heterocycles. The summed E-state index contributed by atoms with van der Waals surface area (Å²) in [7, 11) is 0. The van der Waals surface area contributed by atoms with Gasteiger partial charge >= 0.3 is 12.0 Å². The number of amides is 2. The molecule has 2 unspecified atom stereocenters. The number of carboxylic acid groups (broad SMARTS) is 1. The van der Waals surface area contributed by atoms with Gasteiger partial charge in [0.25, 0.3) is 0 Å². The van der Waals surface area contributed by atoms with Crippen molar-refractivity contribution in [3.63, 3.8) is 0 Å². The van der Waals surface area contributed by atoms with Crippen molar-refractivity contribution in [1.29, 1.82) is 0 Å². The lowest BCUT2D eigenvalue weighted by Crippen LogP contribution is -2.48. The minimum atomic E-state index is -0.826. The molecule has 2 amide bonds. The molecule has 2 atom stereocenters. The zero-order valence-corrected chi connectivity index (χ0v) is 12.2. The Balaban J connectivity index is 1.82. The molecule has 0 radical (unpaired) electrons. The van der Waals surface area contributed by atoms with Crippen molar-refractivity contribution in [2.75, 3.05) is 0 Å². The Morgan fingerprint density at radius 1 is 1.45 bits per heavy atom. The summed E-state index contributed by atoms with van der Waals surface area (Å²) in [6.45, 7) is 2.33. The Bertz CT molecular complexity index is 489. The van der Waals surface area contributed by atoms with Gasteiger partial charge < -0.3 is 15.7 Å². The van der Waals surface area contributed by atoms with Crippen molar-refractivity contribution in [1.82, 2.24) is 15.6 Å². The Morgan fingerprint density at radius 3 is 2.85 bits per heavy atom. The fourth-order valence-corrected chi connectivity index (χ4v) is 3.21. The van der Waals surface area contributed by atoms with Gasteiger partial charge in [-0.05, 0) is 19.8 Å². The van der Waals surface area contributed by atoms with E-state index in [-0.39, 0.29) is 12.1 Å². The van der Waals surface area contributed by atoms with Crippen molar-refractivity contribution in [2.45, 2.75) is 45.2 Å². The molecule has 110 valence electrons. The SMILES string of the molecule is Cc1ncc(CNC(=O)NC2CCCCC2C(=O)O)s1. The summed E-state index contributed by atoms with van der Waals surface area (Å²) in [5.41, 5.74) is 0. The molecule has 6 nitrogen and oxygen atoms in total. The zero-order chi connectivity index (χ0) is 14.5. The number of nitrogens with zero attached hydrogens (tertiary/aromatic N) is 1. The largest absolute Gasteiger partial charge is 0.481 e. The molecule has 1 aromatic rings. The Labute approximate surface area is 121 Å². The number of nitrogens with one attached hydrogen (secondary N) is 2. The number of hydrogen-bond acceptors (Lipinski definition) is 4. The fraction of sp³-hybridized carbons (Fsp3) is 0.615. The van der Waals surface area contributed by atoms with Crippen LogP contribution in [0, 0.1) is 12.8 Å². The van der Waals surface area contributed by atoms with E-state index in [9.17, 15) is 9.59 Å². The van der Waals surface area contributed by atoms with Crippen LogP contribution in [0.25, 0.3) is 0 Å². The smallest absolute Gasteiger partial charge is 0.315 e. The molecule has 20 heavy (non-hydrogen) atoms. The second-order valence-electron chi connectivity index (χ2n) is 5.01. The monoisotopic (exact) mass is 297 g/mol. The summed E-state index contributed by atoms with van der Waals surface area (Å²) in [5.74, 6) is -1.30. The Kier molecular flexibility index (Phi) is 4.94. The summed E-state index contributed by atoms with van der Waals surface area (Å²) in [4.78, 5) is 28.1. The first kappa shape index (κ1) is 14.8. The summed E-state index contributed by atoms with van der Waals surface area (Å²) in [6.07, 6.45) is 4.97. The minimum absolute atomic E-state index is 0.274. The third-order valence-electron chi connectivity index (χ3n) is 3.49. The minimum Gasteiger partial charge on any atom is -0.481 e. The first-order chi connectivity index (χ1) is 9.56. The summed E-state index contributed by atoms with van der Waals surface area (Å²) < 4.78 is 0. The van der Waals surface area contributed by atoms with Gasteiger partial charge in [-0.2, -0.15) is 0 Å². The molecule has 3 N–H and O–H groups in total. The normalized spacial score (nSPS) is 22.2. The fourth-order valence-electron chi connectivity index (χ4n) is 2.47. The highest BCUT2D eigenvalue weighted by Crippen LogP contribution is 2.24. The van der Waals surface area contributed by atoms with Crippen LogP contribution in [-0.2, 0) is 11.3 Å². The van der Waals surface area contributed by atoms with E-state index in [0.29, 0.717) is 13.0 Å². The van der Waals surface area contributed by atoms with Gasteiger partial charge in [0.1, 0.15) is 0 Å². The van der Waals surface area contributed by atoms with Crippen LogP contribution in [-0.4, -0.2) is 28.1 Å². The number of carbonyl (C=O) groups is 2. The van der Waals surface area contributed by atoms with Crippen LogP contribution in [0.3, 0.4) is 0 Å². The topological polar surface area (TPSA) is 91.3 Å². The van der Waals surface area contributed by atoms with Crippen LogP contribution in [0.15, 0.2) is 6.20 Å². The van der Waals surface area contributed by atoms with Gasteiger partial charge in [0, 0.05) is 17.1 Å².